The summed E-state index contributed by atoms with van der Waals surface area (Å²) in [5, 5.41) is 6.26. The van der Waals surface area contributed by atoms with Gasteiger partial charge < -0.3 is 25.8 Å². The number of methoxy groups -OCH3 is 2. The maximum atomic E-state index is 11.5. The molecule has 3 rings (SSSR count). The minimum Gasteiger partial charge on any atom is -0.495 e. The molecule has 0 bridgehead atoms. The Hall–Kier alpha value is -3.81. The Morgan fingerprint density at radius 3 is 2.30 bits per heavy atom. The van der Waals surface area contributed by atoms with Crippen LogP contribution in [0.3, 0.4) is 0 Å². The van der Waals surface area contributed by atoms with E-state index in [0.717, 1.165) is 11.4 Å². The molecular weight excluding hydrogens is 346 g/mol. The molecule has 1 aromatic heterocycles. The first-order chi connectivity index (χ1) is 13.1. The van der Waals surface area contributed by atoms with Gasteiger partial charge in [0.05, 0.1) is 25.5 Å². The molecule has 2 aromatic carbocycles. The fourth-order valence-electron chi connectivity index (χ4n) is 2.41. The third-order valence-corrected chi connectivity index (χ3v) is 3.81. The average Bonchev–Trinajstić information content (AvgIpc) is 2.71. The first-order valence-electron chi connectivity index (χ1n) is 8.08. The van der Waals surface area contributed by atoms with Crippen molar-refractivity contribution in [3.63, 3.8) is 0 Å². The predicted molar refractivity (Wildman–Crippen MR) is 104 cm³/mol. The maximum Gasteiger partial charge on any atom is 0.337 e. The van der Waals surface area contributed by atoms with Gasteiger partial charge in [0.2, 0.25) is 0 Å². The second kappa shape index (κ2) is 8.05. The molecule has 0 saturated heterocycles. The zero-order chi connectivity index (χ0) is 19.2. The summed E-state index contributed by atoms with van der Waals surface area (Å²) in [6, 6.07) is 14.2. The van der Waals surface area contributed by atoms with Gasteiger partial charge in [-0.2, -0.15) is 0 Å². The van der Waals surface area contributed by atoms with Crippen LogP contribution in [0.15, 0.2) is 54.9 Å². The molecule has 0 aliphatic heterocycles. The van der Waals surface area contributed by atoms with Crippen LogP contribution in [0.1, 0.15) is 10.4 Å². The number of aromatic nitrogens is 2. The summed E-state index contributed by atoms with van der Waals surface area (Å²) < 4.78 is 10.0. The third-order valence-electron chi connectivity index (χ3n) is 3.81. The van der Waals surface area contributed by atoms with E-state index in [-0.39, 0.29) is 0 Å². The molecule has 1 heterocycles. The summed E-state index contributed by atoms with van der Waals surface area (Å²) >= 11 is 0. The van der Waals surface area contributed by atoms with Gasteiger partial charge >= 0.3 is 5.97 Å². The zero-order valence-electron chi connectivity index (χ0n) is 14.9. The fraction of sp³-hybridized carbons (Fsp3) is 0.105. The summed E-state index contributed by atoms with van der Waals surface area (Å²) in [6.07, 6.45) is 1.40. The van der Waals surface area contributed by atoms with E-state index in [1.165, 1.54) is 13.4 Å². The molecule has 0 fully saturated rings. The summed E-state index contributed by atoms with van der Waals surface area (Å²) in [5.74, 6) is 1.16. The lowest BCUT2D eigenvalue weighted by Gasteiger charge is -2.14. The SMILES string of the molecule is COC(=O)c1ccc(Nc2ncnc(Nc3ccccc3OC)c2N)cc1. The van der Waals surface area contributed by atoms with Crippen molar-refractivity contribution in [2.75, 3.05) is 30.6 Å². The van der Waals surface area contributed by atoms with Gasteiger partial charge in [-0.1, -0.05) is 12.1 Å². The molecule has 27 heavy (non-hydrogen) atoms. The highest BCUT2D eigenvalue weighted by Crippen LogP contribution is 2.31. The number of nitrogen functional groups attached to an aromatic ring is 1. The molecule has 0 spiro atoms. The van der Waals surface area contributed by atoms with Gasteiger partial charge in [-0.3, -0.25) is 0 Å². The first-order valence-corrected chi connectivity index (χ1v) is 8.08. The van der Waals surface area contributed by atoms with Crippen LogP contribution in [0.2, 0.25) is 0 Å². The van der Waals surface area contributed by atoms with Crippen molar-refractivity contribution < 1.29 is 14.3 Å². The van der Waals surface area contributed by atoms with E-state index in [2.05, 4.69) is 25.3 Å². The van der Waals surface area contributed by atoms with Gasteiger partial charge in [0.25, 0.3) is 0 Å². The normalized spacial score (nSPS) is 10.1. The van der Waals surface area contributed by atoms with Crippen LogP contribution in [-0.2, 0) is 4.74 Å². The van der Waals surface area contributed by atoms with Crippen molar-refractivity contribution in [1.82, 2.24) is 9.97 Å². The van der Waals surface area contributed by atoms with Gasteiger partial charge in [-0.25, -0.2) is 14.8 Å². The Balaban J connectivity index is 1.81. The van der Waals surface area contributed by atoms with E-state index in [1.807, 2.05) is 24.3 Å². The molecule has 0 amide bonds. The van der Waals surface area contributed by atoms with Crippen molar-refractivity contribution >= 4 is 34.7 Å². The number of para-hydroxylation sites is 2. The number of benzene rings is 2. The van der Waals surface area contributed by atoms with E-state index in [9.17, 15) is 4.79 Å². The highest BCUT2D eigenvalue weighted by atomic mass is 16.5. The number of nitrogens with one attached hydrogen (secondary N) is 2. The van der Waals surface area contributed by atoms with E-state index in [1.54, 1.807) is 31.4 Å². The Bertz CT molecular complexity index is 944. The maximum absolute atomic E-state index is 11.5. The van der Waals surface area contributed by atoms with Gasteiger partial charge in [-0.05, 0) is 36.4 Å². The summed E-state index contributed by atoms with van der Waals surface area (Å²) in [5.41, 5.74) is 8.46. The van der Waals surface area contributed by atoms with E-state index in [4.69, 9.17) is 10.5 Å². The first kappa shape index (κ1) is 18.0. The van der Waals surface area contributed by atoms with Crippen LogP contribution in [0.25, 0.3) is 0 Å². The zero-order valence-corrected chi connectivity index (χ0v) is 14.9. The van der Waals surface area contributed by atoms with Gasteiger partial charge in [0.15, 0.2) is 11.6 Å². The Labute approximate surface area is 156 Å². The molecule has 138 valence electrons. The van der Waals surface area contributed by atoms with Crippen LogP contribution in [0.4, 0.5) is 28.7 Å². The Morgan fingerprint density at radius 2 is 1.63 bits per heavy atom. The number of hydrogen-bond donors (Lipinski definition) is 3. The van der Waals surface area contributed by atoms with Crippen molar-refractivity contribution in [2.45, 2.75) is 0 Å². The largest absolute Gasteiger partial charge is 0.495 e. The molecule has 0 aliphatic carbocycles. The third kappa shape index (κ3) is 4.06. The quantitative estimate of drug-likeness (QED) is 0.570. The lowest BCUT2D eigenvalue weighted by molar-refractivity contribution is 0.0601. The molecule has 0 aliphatic rings. The van der Waals surface area contributed by atoms with Crippen molar-refractivity contribution in [2.24, 2.45) is 0 Å². The number of ether oxygens (including phenoxy) is 2. The van der Waals surface area contributed by atoms with Gasteiger partial charge in [0.1, 0.15) is 17.8 Å². The van der Waals surface area contributed by atoms with Gasteiger partial charge in [0, 0.05) is 5.69 Å². The van der Waals surface area contributed by atoms with Crippen molar-refractivity contribution in [3.8, 4) is 5.75 Å². The smallest absolute Gasteiger partial charge is 0.337 e. The van der Waals surface area contributed by atoms with Crippen LogP contribution in [-0.4, -0.2) is 30.2 Å². The number of nitrogens with zero attached hydrogens (tertiary/aromatic N) is 2. The molecule has 8 nitrogen and oxygen atoms in total. The number of rotatable bonds is 6. The van der Waals surface area contributed by atoms with Crippen molar-refractivity contribution in [1.29, 1.82) is 0 Å². The number of nitrogens with two attached hydrogens (primary N) is 1. The Kier molecular flexibility index (Phi) is 5.36. The van der Waals surface area contributed by atoms with Crippen molar-refractivity contribution in [3.05, 3.63) is 60.4 Å². The van der Waals surface area contributed by atoms with Gasteiger partial charge in [-0.15, -0.1) is 0 Å². The topological polar surface area (TPSA) is 111 Å². The van der Waals surface area contributed by atoms with E-state index < -0.39 is 5.97 Å². The second-order valence-corrected chi connectivity index (χ2v) is 5.50. The number of anilines is 5. The van der Waals surface area contributed by atoms with Crippen LogP contribution in [0, 0.1) is 0 Å². The highest BCUT2D eigenvalue weighted by molar-refractivity contribution is 5.90. The highest BCUT2D eigenvalue weighted by Gasteiger charge is 2.11. The number of carbonyl (C=O) groups is 1. The number of carbonyl (C=O) groups excluding carboxylic acids is 1. The monoisotopic (exact) mass is 365 g/mol. The molecule has 4 N–H and O–H groups in total. The summed E-state index contributed by atoms with van der Waals surface area (Å²) in [7, 11) is 2.93. The van der Waals surface area contributed by atoms with E-state index >= 15 is 0 Å². The lowest BCUT2D eigenvalue weighted by atomic mass is 10.2. The van der Waals surface area contributed by atoms with Crippen LogP contribution in [0.5, 0.6) is 5.75 Å². The molecule has 0 saturated carbocycles. The summed E-state index contributed by atoms with van der Waals surface area (Å²) in [6.45, 7) is 0. The molecule has 0 unspecified atom stereocenters. The second-order valence-electron chi connectivity index (χ2n) is 5.50. The molecule has 0 atom stereocenters. The molecule has 0 radical (unpaired) electrons. The molecule has 8 heteroatoms. The molecule has 3 aromatic rings. The fourth-order valence-corrected chi connectivity index (χ4v) is 2.41. The number of hydrogen-bond acceptors (Lipinski definition) is 8. The summed E-state index contributed by atoms with van der Waals surface area (Å²) in [4.78, 5) is 19.9. The average molecular weight is 365 g/mol. The molecular formula is C19H19N5O3. The van der Waals surface area contributed by atoms with Crippen LogP contribution >= 0.6 is 0 Å². The Morgan fingerprint density at radius 1 is 0.963 bits per heavy atom. The minimum absolute atomic E-state index is 0.348. The minimum atomic E-state index is -0.397. The standard InChI is InChI=1S/C19H19N5O3/c1-26-15-6-4-3-5-14(15)24-18-16(20)17(21-11-22-18)23-13-9-7-12(8-10-13)19(25)27-2/h3-11H,20H2,1-2H3,(H2,21,22,23,24). The van der Waals surface area contributed by atoms with E-state index in [0.29, 0.717) is 28.6 Å². The van der Waals surface area contributed by atoms with Crippen LogP contribution < -0.4 is 21.1 Å². The number of esters is 1. The lowest BCUT2D eigenvalue weighted by Crippen LogP contribution is -2.06. The predicted octanol–water partition coefficient (Wildman–Crippen LogP) is 3.34.